The van der Waals surface area contributed by atoms with Gasteiger partial charge in [-0.3, -0.25) is 4.79 Å². The highest BCUT2D eigenvalue weighted by Crippen LogP contribution is 2.37. The number of phenolic OH excluding ortho intramolecular Hbond substituents is 1. The standard InChI is InChI=1S/C15H21NO2/c1-16(2)10-12-6-7-14(18)9-15(12)11-4-3-5-13(17)8-11/h3-5,8,12,15,17H,6-7,9-10H2,1-2H3/t12-,15-/m1/s1. The molecule has 0 spiro atoms. The number of ketones is 1. The van der Waals surface area contributed by atoms with Crippen molar-refractivity contribution in [2.24, 2.45) is 5.92 Å². The monoisotopic (exact) mass is 247 g/mol. The van der Waals surface area contributed by atoms with Crippen LogP contribution < -0.4 is 0 Å². The molecule has 2 atom stereocenters. The van der Waals surface area contributed by atoms with Crippen molar-refractivity contribution >= 4 is 5.78 Å². The number of nitrogens with zero attached hydrogens (tertiary/aromatic N) is 1. The van der Waals surface area contributed by atoms with Crippen LogP contribution in [-0.4, -0.2) is 36.4 Å². The molecule has 18 heavy (non-hydrogen) atoms. The van der Waals surface area contributed by atoms with E-state index in [1.807, 2.05) is 12.1 Å². The summed E-state index contributed by atoms with van der Waals surface area (Å²) in [6.07, 6.45) is 2.27. The third kappa shape index (κ3) is 3.10. The van der Waals surface area contributed by atoms with Crippen LogP contribution in [0.3, 0.4) is 0 Å². The molecule has 3 nitrogen and oxygen atoms in total. The van der Waals surface area contributed by atoms with Crippen molar-refractivity contribution in [2.75, 3.05) is 20.6 Å². The molecule has 1 fully saturated rings. The zero-order valence-electron chi connectivity index (χ0n) is 11.1. The second-order valence-electron chi connectivity index (χ2n) is 5.51. The quantitative estimate of drug-likeness (QED) is 0.891. The van der Waals surface area contributed by atoms with Gasteiger partial charge in [0, 0.05) is 19.4 Å². The smallest absolute Gasteiger partial charge is 0.133 e. The van der Waals surface area contributed by atoms with Crippen molar-refractivity contribution in [3.8, 4) is 5.75 Å². The first-order valence-corrected chi connectivity index (χ1v) is 6.51. The van der Waals surface area contributed by atoms with E-state index in [1.165, 1.54) is 0 Å². The molecule has 0 heterocycles. The van der Waals surface area contributed by atoms with Gasteiger partial charge in [-0.25, -0.2) is 0 Å². The predicted molar refractivity (Wildman–Crippen MR) is 71.7 cm³/mol. The molecule has 1 aliphatic carbocycles. The third-order valence-electron chi connectivity index (χ3n) is 3.71. The lowest BCUT2D eigenvalue weighted by molar-refractivity contribution is -0.121. The second-order valence-corrected chi connectivity index (χ2v) is 5.51. The van der Waals surface area contributed by atoms with E-state index in [4.69, 9.17) is 0 Å². The first-order chi connectivity index (χ1) is 8.56. The van der Waals surface area contributed by atoms with Crippen molar-refractivity contribution in [1.29, 1.82) is 0 Å². The lowest BCUT2D eigenvalue weighted by Crippen LogP contribution is -2.31. The van der Waals surface area contributed by atoms with E-state index >= 15 is 0 Å². The maximum atomic E-state index is 11.7. The highest BCUT2D eigenvalue weighted by atomic mass is 16.3. The molecule has 2 rings (SSSR count). The minimum atomic E-state index is 0.251. The van der Waals surface area contributed by atoms with Crippen LogP contribution in [0, 0.1) is 5.92 Å². The maximum Gasteiger partial charge on any atom is 0.133 e. The van der Waals surface area contributed by atoms with Gasteiger partial charge in [0.25, 0.3) is 0 Å². The second kappa shape index (κ2) is 5.53. The fourth-order valence-electron chi connectivity index (χ4n) is 2.89. The van der Waals surface area contributed by atoms with Crippen LogP contribution in [0.2, 0.25) is 0 Å². The molecule has 3 heteroatoms. The molecule has 1 aromatic rings. The summed E-state index contributed by atoms with van der Waals surface area (Å²) >= 11 is 0. The van der Waals surface area contributed by atoms with Gasteiger partial charge in [-0.15, -0.1) is 0 Å². The number of Topliss-reactive ketones (excluding diaryl/α,β-unsaturated/α-hetero) is 1. The fourth-order valence-corrected chi connectivity index (χ4v) is 2.89. The van der Waals surface area contributed by atoms with Crippen molar-refractivity contribution in [2.45, 2.75) is 25.2 Å². The first-order valence-electron chi connectivity index (χ1n) is 6.51. The fraction of sp³-hybridized carbons (Fsp3) is 0.533. The molecule has 0 radical (unpaired) electrons. The van der Waals surface area contributed by atoms with E-state index in [9.17, 15) is 9.90 Å². The zero-order valence-corrected chi connectivity index (χ0v) is 11.1. The molecular formula is C15H21NO2. The third-order valence-corrected chi connectivity index (χ3v) is 3.71. The van der Waals surface area contributed by atoms with Gasteiger partial charge < -0.3 is 10.0 Å². The summed E-state index contributed by atoms with van der Waals surface area (Å²) in [6, 6.07) is 7.35. The van der Waals surface area contributed by atoms with E-state index in [1.54, 1.807) is 12.1 Å². The van der Waals surface area contributed by atoms with Crippen LogP contribution >= 0.6 is 0 Å². The highest BCUT2D eigenvalue weighted by Gasteiger charge is 2.30. The molecule has 98 valence electrons. The SMILES string of the molecule is CN(C)C[C@H]1CCC(=O)C[C@@H]1c1cccc(O)c1. The Kier molecular flexibility index (Phi) is 4.02. The number of rotatable bonds is 3. The van der Waals surface area contributed by atoms with Gasteiger partial charge in [0.05, 0.1) is 0 Å². The van der Waals surface area contributed by atoms with Crippen molar-refractivity contribution in [1.82, 2.24) is 4.90 Å². The molecule has 0 aliphatic heterocycles. The van der Waals surface area contributed by atoms with Gasteiger partial charge in [-0.05, 0) is 50.0 Å². The van der Waals surface area contributed by atoms with E-state index < -0.39 is 0 Å². The van der Waals surface area contributed by atoms with Crippen LogP contribution in [-0.2, 0) is 4.79 Å². The van der Waals surface area contributed by atoms with Crippen LogP contribution in [0.15, 0.2) is 24.3 Å². The Morgan fingerprint density at radius 3 is 2.83 bits per heavy atom. The lowest BCUT2D eigenvalue weighted by Gasteiger charge is -2.33. The number of hydrogen-bond donors (Lipinski definition) is 1. The van der Waals surface area contributed by atoms with E-state index in [-0.39, 0.29) is 11.7 Å². The van der Waals surface area contributed by atoms with E-state index in [0.29, 0.717) is 24.5 Å². The summed E-state index contributed by atoms with van der Waals surface area (Å²) in [5.74, 6) is 1.38. The molecule has 0 aromatic heterocycles. The van der Waals surface area contributed by atoms with Crippen LogP contribution in [0.25, 0.3) is 0 Å². The van der Waals surface area contributed by atoms with Gasteiger partial charge in [0.15, 0.2) is 0 Å². The number of hydrogen-bond acceptors (Lipinski definition) is 3. The zero-order chi connectivity index (χ0) is 13.1. The normalized spacial score (nSPS) is 24.5. The van der Waals surface area contributed by atoms with Crippen LogP contribution in [0.5, 0.6) is 5.75 Å². The van der Waals surface area contributed by atoms with Crippen molar-refractivity contribution in [3.63, 3.8) is 0 Å². The molecule has 0 bridgehead atoms. The summed E-state index contributed by atoms with van der Waals surface area (Å²) in [5, 5.41) is 9.58. The molecule has 1 aromatic carbocycles. The Balaban J connectivity index is 2.22. The van der Waals surface area contributed by atoms with E-state index in [2.05, 4.69) is 19.0 Å². The van der Waals surface area contributed by atoms with Gasteiger partial charge in [-0.2, -0.15) is 0 Å². The number of benzene rings is 1. The van der Waals surface area contributed by atoms with Crippen molar-refractivity contribution in [3.05, 3.63) is 29.8 Å². The summed E-state index contributed by atoms with van der Waals surface area (Å²) in [7, 11) is 4.13. The largest absolute Gasteiger partial charge is 0.508 e. The van der Waals surface area contributed by atoms with Gasteiger partial charge in [-0.1, -0.05) is 12.1 Å². The minimum absolute atomic E-state index is 0.251. The van der Waals surface area contributed by atoms with Gasteiger partial charge >= 0.3 is 0 Å². The maximum absolute atomic E-state index is 11.7. The Morgan fingerprint density at radius 1 is 1.39 bits per heavy atom. The van der Waals surface area contributed by atoms with Gasteiger partial charge in [0.2, 0.25) is 0 Å². The number of carbonyl (C=O) groups excluding carboxylic acids is 1. The van der Waals surface area contributed by atoms with Crippen LogP contribution in [0.1, 0.15) is 30.7 Å². The Bertz CT molecular complexity index is 428. The summed E-state index contributed by atoms with van der Waals surface area (Å²) < 4.78 is 0. The van der Waals surface area contributed by atoms with Gasteiger partial charge in [0.1, 0.15) is 11.5 Å². The summed E-state index contributed by atoms with van der Waals surface area (Å²) in [4.78, 5) is 13.9. The van der Waals surface area contributed by atoms with Crippen LogP contribution in [0.4, 0.5) is 0 Å². The predicted octanol–water partition coefficient (Wildman–Crippen LogP) is 2.41. The molecule has 1 N–H and O–H groups in total. The molecule has 1 aliphatic rings. The molecular weight excluding hydrogens is 226 g/mol. The lowest BCUT2D eigenvalue weighted by atomic mass is 9.74. The van der Waals surface area contributed by atoms with E-state index in [0.717, 1.165) is 18.5 Å². The topological polar surface area (TPSA) is 40.5 Å². The average molecular weight is 247 g/mol. The Labute approximate surface area is 108 Å². The first kappa shape index (κ1) is 13.1. The minimum Gasteiger partial charge on any atom is -0.508 e. The van der Waals surface area contributed by atoms with Crippen molar-refractivity contribution < 1.29 is 9.90 Å². The summed E-state index contributed by atoms with van der Waals surface area (Å²) in [6.45, 7) is 0.994. The average Bonchev–Trinajstić information content (AvgIpc) is 2.31. The highest BCUT2D eigenvalue weighted by molar-refractivity contribution is 5.80. The Morgan fingerprint density at radius 2 is 2.17 bits per heavy atom. The number of carbonyl (C=O) groups is 1. The molecule has 1 saturated carbocycles. The molecule has 0 unspecified atom stereocenters. The number of phenols is 1. The number of aromatic hydroxyl groups is 1. The molecule has 0 saturated heterocycles. The summed E-state index contributed by atoms with van der Waals surface area (Å²) in [5.41, 5.74) is 1.09. The molecule has 0 amide bonds. The Hall–Kier alpha value is -1.35.